The van der Waals surface area contributed by atoms with Gasteiger partial charge in [0.1, 0.15) is 0 Å². The maximum atomic E-state index is 3.87. The third-order valence-electron chi connectivity index (χ3n) is 4.51. The molecule has 3 fully saturated rings. The highest BCUT2D eigenvalue weighted by atomic mass is 15.0. The fraction of sp³-hybridized carbons (Fsp3) is 1.00. The van der Waals surface area contributed by atoms with Gasteiger partial charge < -0.3 is 5.32 Å². The van der Waals surface area contributed by atoms with Crippen LogP contribution in [-0.4, -0.2) is 12.1 Å². The lowest BCUT2D eigenvalue weighted by molar-refractivity contribution is 0.338. The summed E-state index contributed by atoms with van der Waals surface area (Å²) in [6.45, 7) is 4.77. The third kappa shape index (κ3) is 1.41. The Balaban J connectivity index is 1.55. The Hall–Kier alpha value is -0.0400. The Bertz CT molecular complexity index is 221. The molecule has 4 atom stereocenters. The first-order chi connectivity index (χ1) is 6.17. The molecule has 13 heavy (non-hydrogen) atoms. The van der Waals surface area contributed by atoms with Gasteiger partial charge in [0.05, 0.1) is 0 Å². The van der Waals surface area contributed by atoms with Gasteiger partial charge in [-0.15, -0.1) is 0 Å². The van der Waals surface area contributed by atoms with Gasteiger partial charge in [-0.25, -0.2) is 0 Å². The first-order valence-corrected chi connectivity index (χ1v) is 5.93. The van der Waals surface area contributed by atoms with Crippen LogP contribution in [0.4, 0.5) is 0 Å². The highest BCUT2D eigenvalue weighted by molar-refractivity contribution is 5.06. The van der Waals surface area contributed by atoms with Gasteiger partial charge >= 0.3 is 0 Å². The molecule has 74 valence electrons. The van der Waals surface area contributed by atoms with Gasteiger partial charge in [0, 0.05) is 12.1 Å². The second-order valence-corrected chi connectivity index (χ2v) is 6.11. The van der Waals surface area contributed by atoms with E-state index in [-0.39, 0.29) is 0 Å². The molecule has 1 nitrogen and oxygen atoms in total. The summed E-state index contributed by atoms with van der Waals surface area (Å²) in [5.41, 5.74) is 0.613. The average Bonchev–Trinajstić information content (AvgIpc) is 2.90. The Kier molecular flexibility index (Phi) is 1.59. The zero-order valence-electron chi connectivity index (χ0n) is 8.84. The number of hydrogen-bond donors (Lipinski definition) is 1. The van der Waals surface area contributed by atoms with Crippen LogP contribution in [-0.2, 0) is 0 Å². The standard InChI is InChI=1S/C12H21N/c1-12(2)7-11(12)13-10-5-3-4-8-6-9(8)10/h8-11,13H,3-7H2,1-2H3. The minimum atomic E-state index is 0.613. The second-order valence-electron chi connectivity index (χ2n) is 6.11. The fourth-order valence-corrected chi connectivity index (χ4v) is 3.13. The Morgan fingerprint density at radius 3 is 2.69 bits per heavy atom. The van der Waals surface area contributed by atoms with E-state index in [1.807, 2.05) is 0 Å². The lowest BCUT2D eigenvalue weighted by Crippen LogP contribution is -2.36. The van der Waals surface area contributed by atoms with E-state index in [4.69, 9.17) is 0 Å². The third-order valence-corrected chi connectivity index (χ3v) is 4.51. The monoisotopic (exact) mass is 179 g/mol. The van der Waals surface area contributed by atoms with Crippen LogP contribution in [0.1, 0.15) is 46.0 Å². The summed E-state index contributed by atoms with van der Waals surface area (Å²) in [5, 5.41) is 3.87. The molecule has 0 amide bonds. The molecule has 0 aromatic heterocycles. The Morgan fingerprint density at radius 2 is 2.00 bits per heavy atom. The van der Waals surface area contributed by atoms with Crippen LogP contribution in [0.5, 0.6) is 0 Å². The molecular formula is C12H21N. The van der Waals surface area contributed by atoms with Crippen molar-refractivity contribution in [3.63, 3.8) is 0 Å². The lowest BCUT2D eigenvalue weighted by atomic mass is 9.95. The van der Waals surface area contributed by atoms with Crippen LogP contribution in [0.15, 0.2) is 0 Å². The maximum absolute atomic E-state index is 3.87. The lowest BCUT2D eigenvalue weighted by Gasteiger charge is -2.23. The van der Waals surface area contributed by atoms with Crippen LogP contribution in [0.3, 0.4) is 0 Å². The average molecular weight is 179 g/mol. The molecule has 0 aliphatic heterocycles. The van der Waals surface area contributed by atoms with Crippen molar-refractivity contribution in [1.29, 1.82) is 0 Å². The van der Waals surface area contributed by atoms with E-state index in [1.165, 1.54) is 32.1 Å². The van der Waals surface area contributed by atoms with Gasteiger partial charge in [0.2, 0.25) is 0 Å². The molecule has 4 unspecified atom stereocenters. The van der Waals surface area contributed by atoms with E-state index in [2.05, 4.69) is 19.2 Å². The Morgan fingerprint density at radius 1 is 1.23 bits per heavy atom. The molecule has 3 saturated carbocycles. The van der Waals surface area contributed by atoms with E-state index < -0.39 is 0 Å². The number of fused-ring (bicyclic) bond motifs is 1. The minimum Gasteiger partial charge on any atom is -0.310 e. The highest BCUT2D eigenvalue weighted by Crippen LogP contribution is 2.52. The van der Waals surface area contributed by atoms with Crippen molar-refractivity contribution in [3.8, 4) is 0 Å². The van der Waals surface area contributed by atoms with E-state index in [1.54, 1.807) is 0 Å². The van der Waals surface area contributed by atoms with Gasteiger partial charge in [-0.1, -0.05) is 26.7 Å². The molecule has 0 aromatic rings. The molecule has 1 N–H and O–H groups in total. The van der Waals surface area contributed by atoms with Gasteiger partial charge in [0.15, 0.2) is 0 Å². The number of rotatable bonds is 2. The largest absolute Gasteiger partial charge is 0.310 e. The van der Waals surface area contributed by atoms with Gasteiger partial charge in [-0.05, 0) is 36.5 Å². The molecule has 0 spiro atoms. The normalized spacial score (nSPS) is 51.2. The van der Waals surface area contributed by atoms with Crippen molar-refractivity contribution < 1.29 is 0 Å². The van der Waals surface area contributed by atoms with Crippen LogP contribution in [0.2, 0.25) is 0 Å². The summed E-state index contributed by atoms with van der Waals surface area (Å²) < 4.78 is 0. The molecule has 3 aliphatic rings. The summed E-state index contributed by atoms with van der Waals surface area (Å²) in [7, 11) is 0. The van der Waals surface area contributed by atoms with E-state index >= 15 is 0 Å². The minimum absolute atomic E-state index is 0.613. The zero-order chi connectivity index (χ0) is 9.05. The molecule has 0 saturated heterocycles. The molecule has 3 rings (SSSR count). The summed E-state index contributed by atoms with van der Waals surface area (Å²) >= 11 is 0. The van der Waals surface area contributed by atoms with Gasteiger partial charge in [-0.3, -0.25) is 0 Å². The van der Waals surface area contributed by atoms with E-state index in [0.717, 1.165) is 23.9 Å². The molecular weight excluding hydrogens is 158 g/mol. The highest BCUT2D eigenvalue weighted by Gasteiger charge is 2.51. The van der Waals surface area contributed by atoms with Crippen LogP contribution < -0.4 is 5.32 Å². The SMILES string of the molecule is CC1(C)CC1NC1CCCC2CC21. The fourth-order valence-electron chi connectivity index (χ4n) is 3.13. The predicted octanol–water partition coefficient (Wildman–Crippen LogP) is 2.56. The molecule has 3 aliphatic carbocycles. The maximum Gasteiger partial charge on any atom is 0.0127 e. The summed E-state index contributed by atoms with van der Waals surface area (Å²) in [4.78, 5) is 0. The molecule has 0 radical (unpaired) electrons. The number of nitrogens with one attached hydrogen (secondary N) is 1. The van der Waals surface area contributed by atoms with Crippen molar-refractivity contribution in [2.24, 2.45) is 17.3 Å². The first-order valence-electron chi connectivity index (χ1n) is 5.93. The molecule has 0 heterocycles. The quantitative estimate of drug-likeness (QED) is 0.687. The topological polar surface area (TPSA) is 12.0 Å². The van der Waals surface area contributed by atoms with Gasteiger partial charge in [-0.2, -0.15) is 0 Å². The van der Waals surface area contributed by atoms with E-state index in [0.29, 0.717) is 5.41 Å². The van der Waals surface area contributed by atoms with Crippen molar-refractivity contribution in [2.45, 2.75) is 58.0 Å². The zero-order valence-corrected chi connectivity index (χ0v) is 8.84. The molecule has 0 bridgehead atoms. The van der Waals surface area contributed by atoms with Gasteiger partial charge in [0.25, 0.3) is 0 Å². The summed E-state index contributed by atoms with van der Waals surface area (Å²) in [6, 6.07) is 1.74. The second kappa shape index (κ2) is 2.50. The first kappa shape index (κ1) is 8.28. The van der Waals surface area contributed by atoms with Crippen LogP contribution >= 0.6 is 0 Å². The summed E-state index contributed by atoms with van der Waals surface area (Å²) in [5.74, 6) is 2.19. The number of hydrogen-bond acceptors (Lipinski definition) is 1. The van der Waals surface area contributed by atoms with Crippen molar-refractivity contribution in [1.82, 2.24) is 5.32 Å². The summed E-state index contributed by atoms with van der Waals surface area (Å²) in [6.07, 6.45) is 7.39. The van der Waals surface area contributed by atoms with Crippen molar-refractivity contribution in [2.75, 3.05) is 0 Å². The molecule has 1 heteroatoms. The van der Waals surface area contributed by atoms with E-state index in [9.17, 15) is 0 Å². The Labute approximate surface area is 81.3 Å². The van der Waals surface area contributed by atoms with Crippen LogP contribution in [0.25, 0.3) is 0 Å². The predicted molar refractivity (Wildman–Crippen MR) is 54.6 cm³/mol. The van der Waals surface area contributed by atoms with Crippen LogP contribution in [0, 0.1) is 17.3 Å². The van der Waals surface area contributed by atoms with Crippen molar-refractivity contribution >= 4 is 0 Å². The molecule has 0 aromatic carbocycles. The smallest absolute Gasteiger partial charge is 0.0127 e. The van der Waals surface area contributed by atoms with Crippen molar-refractivity contribution in [3.05, 3.63) is 0 Å².